The van der Waals surface area contributed by atoms with E-state index in [4.69, 9.17) is 28.9 Å². The predicted molar refractivity (Wildman–Crippen MR) is 70.7 cm³/mol. The van der Waals surface area contributed by atoms with Crippen molar-refractivity contribution in [1.82, 2.24) is 10.2 Å². The van der Waals surface area contributed by atoms with Gasteiger partial charge < -0.3 is 10.6 Å². The van der Waals surface area contributed by atoms with E-state index in [1.165, 1.54) is 6.42 Å². The van der Waals surface area contributed by atoms with Crippen molar-refractivity contribution in [1.29, 1.82) is 0 Å². The maximum Gasteiger partial charge on any atom is 0.175 e. The maximum atomic E-state index is 6.08. The van der Waals surface area contributed by atoms with Gasteiger partial charge in [-0.2, -0.15) is 0 Å². The smallest absolute Gasteiger partial charge is 0.175 e. The molecule has 2 unspecified atom stereocenters. The second-order valence-corrected chi connectivity index (χ2v) is 5.20. The highest BCUT2D eigenvalue weighted by atomic mass is 35.5. The minimum Gasteiger partial charge on any atom is -0.364 e. The van der Waals surface area contributed by atoms with Crippen LogP contribution in [0.2, 0.25) is 10.3 Å². The van der Waals surface area contributed by atoms with Crippen LogP contribution in [-0.2, 0) is 0 Å². The zero-order chi connectivity index (χ0) is 12.4. The van der Waals surface area contributed by atoms with Gasteiger partial charge in [-0.3, -0.25) is 0 Å². The van der Waals surface area contributed by atoms with Crippen LogP contribution in [0.1, 0.15) is 26.2 Å². The predicted octanol–water partition coefficient (Wildman–Crippen LogP) is 2.49. The molecular weight excluding hydrogens is 259 g/mol. The zero-order valence-corrected chi connectivity index (χ0v) is 11.2. The summed E-state index contributed by atoms with van der Waals surface area (Å²) in [6, 6.07) is 2.15. The van der Waals surface area contributed by atoms with Gasteiger partial charge in [0.05, 0.1) is 5.69 Å². The van der Waals surface area contributed by atoms with E-state index >= 15 is 0 Å². The first-order chi connectivity index (χ1) is 8.09. The summed E-state index contributed by atoms with van der Waals surface area (Å²) in [5.41, 5.74) is 6.87. The van der Waals surface area contributed by atoms with Crippen molar-refractivity contribution in [3.63, 3.8) is 0 Å². The van der Waals surface area contributed by atoms with Crippen LogP contribution in [0.15, 0.2) is 6.07 Å². The summed E-state index contributed by atoms with van der Waals surface area (Å²) in [6.45, 7) is 2.96. The minimum atomic E-state index is 0.0957. The molecule has 94 valence electrons. The van der Waals surface area contributed by atoms with Crippen molar-refractivity contribution >= 4 is 28.9 Å². The van der Waals surface area contributed by atoms with Gasteiger partial charge in [-0.1, -0.05) is 23.2 Å². The van der Waals surface area contributed by atoms with E-state index in [-0.39, 0.29) is 6.04 Å². The first-order valence-corrected chi connectivity index (χ1v) is 6.56. The fraction of sp³-hybridized carbons (Fsp3) is 0.636. The Balaban J connectivity index is 2.32. The number of aromatic nitrogens is 2. The van der Waals surface area contributed by atoms with Crippen LogP contribution in [-0.4, -0.2) is 28.8 Å². The lowest BCUT2D eigenvalue weighted by atomic mass is 9.96. The molecule has 1 aliphatic heterocycles. The summed E-state index contributed by atoms with van der Waals surface area (Å²) in [7, 11) is 0. The van der Waals surface area contributed by atoms with Gasteiger partial charge in [-0.25, -0.2) is 0 Å². The van der Waals surface area contributed by atoms with Crippen LogP contribution >= 0.6 is 23.2 Å². The largest absolute Gasteiger partial charge is 0.364 e. The molecule has 4 nitrogen and oxygen atoms in total. The summed E-state index contributed by atoms with van der Waals surface area (Å²) in [6.07, 6.45) is 3.42. The quantitative estimate of drug-likeness (QED) is 0.901. The normalized spacial score (nSPS) is 22.6. The van der Waals surface area contributed by atoms with Crippen LogP contribution in [0.3, 0.4) is 0 Å². The molecule has 1 aromatic rings. The standard InChI is InChI=1S/C11H16Cl2N4/c1-7(14)8-4-2-3-5-17(8)9-6-10(12)15-16-11(9)13/h6-8H,2-5,14H2,1H3. The summed E-state index contributed by atoms with van der Waals surface area (Å²) >= 11 is 12.0. The Labute approximate surface area is 111 Å². The lowest BCUT2D eigenvalue weighted by Gasteiger charge is -2.39. The molecule has 0 aliphatic carbocycles. The van der Waals surface area contributed by atoms with Gasteiger partial charge >= 0.3 is 0 Å². The van der Waals surface area contributed by atoms with E-state index in [0.29, 0.717) is 16.3 Å². The summed E-state index contributed by atoms with van der Waals surface area (Å²) in [4.78, 5) is 2.21. The monoisotopic (exact) mass is 274 g/mol. The van der Waals surface area contributed by atoms with Gasteiger partial charge in [0.2, 0.25) is 0 Å². The van der Waals surface area contributed by atoms with Crippen LogP contribution < -0.4 is 10.6 Å². The Kier molecular flexibility index (Phi) is 4.07. The molecular formula is C11H16Cl2N4. The zero-order valence-electron chi connectivity index (χ0n) is 9.74. The topological polar surface area (TPSA) is 55.0 Å². The average Bonchev–Trinajstić information content (AvgIpc) is 2.32. The van der Waals surface area contributed by atoms with Crippen molar-refractivity contribution in [2.75, 3.05) is 11.4 Å². The Morgan fingerprint density at radius 1 is 1.41 bits per heavy atom. The van der Waals surface area contributed by atoms with Gasteiger partial charge in [-0.15, -0.1) is 10.2 Å². The van der Waals surface area contributed by atoms with E-state index in [2.05, 4.69) is 15.1 Å². The van der Waals surface area contributed by atoms with E-state index in [9.17, 15) is 0 Å². The highest BCUT2D eigenvalue weighted by Crippen LogP contribution is 2.31. The molecule has 1 saturated heterocycles. The third-order valence-corrected chi connectivity index (χ3v) is 3.62. The average molecular weight is 275 g/mol. The van der Waals surface area contributed by atoms with Crippen molar-refractivity contribution in [2.45, 2.75) is 38.3 Å². The van der Waals surface area contributed by atoms with E-state index < -0.39 is 0 Å². The summed E-state index contributed by atoms with van der Waals surface area (Å²) in [5, 5.41) is 8.33. The minimum absolute atomic E-state index is 0.0957. The molecule has 2 N–H and O–H groups in total. The lowest BCUT2D eigenvalue weighted by Crippen LogP contribution is -2.49. The molecule has 0 bridgehead atoms. The Morgan fingerprint density at radius 3 is 2.88 bits per heavy atom. The molecule has 1 aromatic heterocycles. The first-order valence-electron chi connectivity index (χ1n) is 5.80. The molecule has 2 atom stereocenters. The Morgan fingerprint density at radius 2 is 2.18 bits per heavy atom. The van der Waals surface area contributed by atoms with E-state index in [1.54, 1.807) is 6.07 Å². The molecule has 1 fully saturated rings. The molecule has 0 radical (unpaired) electrons. The van der Waals surface area contributed by atoms with E-state index in [1.807, 2.05) is 6.92 Å². The molecule has 17 heavy (non-hydrogen) atoms. The molecule has 0 saturated carbocycles. The molecule has 6 heteroatoms. The van der Waals surface area contributed by atoms with Gasteiger partial charge in [-0.05, 0) is 26.2 Å². The summed E-state index contributed by atoms with van der Waals surface area (Å²) in [5.74, 6) is 0. The van der Waals surface area contributed by atoms with Crippen molar-refractivity contribution in [2.24, 2.45) is 5.73 Å². The van der Waals surface area contributed by atoms with Crippen LogP contribution in [0.5, 0.6) is 0 Å². The SMILES string of the molecule is CC(N)C1CCCCN1c1cc(Cl)nnc1Cl. The second-order valence-electron chi connectivity index (χ2n) is 4.46. The number of piperidine rings is 1. The summed E-state index contributed by atoms with van der Waals surface area (Å²) < 4.78 is 0. The van der Waals surface area contributed by atoms with Crippen molar-refractivity contribution in [3.05, 3.63) is 16.4 Å². The van der Waals surface area contributed by atoms with Crippen LogP contribution in [0.25, 0.3) is 0 Å². The third kappa shape index (κ3) is 2.81. The third-order valence-electron chi connectivity index (χ3n) is 3.17. The number of rotatable bonds is 2. The maximum absolute atomic E-state index is 6.08. The second kappa shape index (κ2) is 5.38. The number of nitrogens with zero attached hydrogens (tertiary/aromatic N) is 3. The molecule has 2 rings (SSSR count). The molecule has 1 aliphatic rings. The number of anilines is 1. The molecule has 2 heterocycles. The van der Waals surface area contributed by atoms with Crippen LogP contribution in [0.4, 0.5) is 5.69 Å². The molecule has 0 aromatic carbocycles. The van der Waals surface area contributed by atoms with E-state index in [0.717, 1.165) is 25.1 Å². The van der Waals surface area contributed by atoms with Crippen molar-refractivity contribution < 1.29 is 0 Å². The van der Waals surface area contributed by atoms with Gasteiger partial charge in [0.15, 0.2) is 10.3 Å². The lowest BCUT2D eigenvalue weighted by molar-refractivity contribution is 0.413. The van der Waals surface area contributed by atoms with Gasteiger partial charge in [0, 0.05) is 24.7 Å². The number of hydrogen-bond acceptors (Lipinski definition) is 4. The molecule has 0 spiro atoms. The first kappa shape index (κ1) is 12.9. The van der Waals surface area contributed by atoms with Crippen LogP contribution in [0, 0.1) is 0 Å². The number of halogens is 2. The highest BCUT2D eigenvalue weighted by Gasteiger charge is 2.27. The van der Waals surface area contributed by atoms with Crippen molar-refractivity contribution in [3.8, 4) is 0 Å². The Hall–Kier alpha value is -0.580. The highest BCUT2D eigenvalue weighted by molar-refractivity contribution is 6.33. The van der Waals surface area contributed by atoms with Gasteiger partial charge in [0.1, 0.15) is 0 Å². The number of hydrogen-bond donors (Lipinski definition) is 1. The number of nitrogens with two attached hydrogens (primary N) is 1. The Bertz CT molecular complexity index is 397. The fourth-order valence-corrected chi connectivity index (χ4v) is 2.69. The molecule has 0 amide bonds. The van der Waals surface area contributed by atoms with Gasteiger partial charge in [0.25, 0.3) is 0 Å². The fourth-order valence-electron chi connectivity index (χ4n) is 2.35.